The van der Waals surface area contributed by atoms with Crippen molar-refractivity contribution in [1.29, 1.82) is 0 Å². The monoisotopic (exact) mass is 331 g/mol. The molecule has 0 spiro atoms. The lowest BCUT2D eigenvalue weighted by atomic mass is 10.1. The summed E-state index contributed by atoms with van der Waals surface area (Å²) >= 11 is 0. The molecule has 0 saturated heterocycles. The highest BCUT2D eigenvalue weighted by molar-refractivity contribution is 5.78. The average molecular weight is 331 g/mol. The lowest BCUT2D eigenvalue weighted by Crippen LogP contribution is -2.22. The summed E-state index contributed by atoms with van der Waals surface area (Å²) in [5, 5.41) is 4.41. The third-order valence-electron chi connectivity index (χ3n) is 4.47. The molecule has 0 amide bonds. The minimum Gasteiger partial charge on any atom is -0.386 e. The van der Waals surface area contributed by atoms with Gasteiger partial charge in [-0.3, -0.25) is 4.98 Å². The van der Waals surface area contributed by atoms with Gasteiger partial charge < -0.3 is 11.1 Å². The van der Waals surface area contributed by atoms with E-state index in [1.807, 2.05) is 31.2 Å². The van der Waals surface area contributed by atoms with E-state index in [-0.39, 0.29) is 0 Å². The SMILES string of the molecule is C=C(N)NC1CCc2cc(C)ccc21.Cc1ccc2ccccc2n1. The molecule has 2 aromatic carbocycles. The second-order valence-electron chi connectivity index (χ2n) is 6.61. The van der Waals surface area contributed by atoms with Crippen LogP contribution < -0.4 is 11.1 Å². The Balaban J connectivity index is 0.000000150. The van der Waals surface area contributed by atoms with Gasteiger partial charge in [0.1, 0.15) is 0 Å². The zero-order valence-corrected chi connectivity index (χ0v) is 14.9. The number of hydrogen-bond donors (Lipinski definition) is 2. The van der Waals surface area contributed by atoms with Crippen molar-refractivity contribution in [3.05, 3.63) is 89.4 Å². The van der Waals surface area contributed by atoms with Crippen LogP contribution in [0, 0.1) is 13.8 Å². The first-order valence-corrected chi connectivity index (χ1v) is 8.65. The summed E-state index contributed by atoms with van der Waals surface area (Å²) < 4.78 is 0. The van der Waals surface area contributed by atoms with Crippen LogP contribution in [0.4, 0.5) is 0 Å². The minimum absolute atomic E-state index is 0.364. The van der Waals surface area contributed by atoms with E-state index in [1.54, 1.807) is 0 Å². The van der Waals surface area contributed by atoms with Crippen LogP contribution >= 0.6 is 0 Å². The number of aromatic nitrogens is 1. The van der Waals surface area contributed by atoms with Crippen molar-refractivity contribution in [2.24, 2.45) is 5.73 Å². The summed E-state index contributed by atoms with van der Waals surface area (Å²) in [5.41, 5.74) is 11.9. The molecule has 0 aliphatic heterocycles. The molecule has 3 aromatic rings. The summed E-state index contributed by atoms with van der Waals surface area (Å²) in [6.07, 6.45) is 2.26. The highest BCUT2D eigenvalue weighted by atomic mass is 15.0. The van der Waals surface area contributed by atoms with Crippen molar-refractivity contribution < 1.29 is 0 Å². The van der Waals surface area contributed by atoms with E-state index >= 15 is 0 Å². The molecule has 3 heteroatoms. The maximum atomic E-state index is 5.55. The molecule has 3 nitrogen and oxygen atoms in total. The van der Waals surface area contributed by atoms with Gasteiger partial charge in [0.05, 0.1) is 17.4 Å². The fourth-order valence-electron chi connectivity index (χ4n) is 3.29. The zero-order chi connectivity index (χ0) is 17.8. The maximum absolute atomic E-state index is 5.55. The third-order valence-corrected chi connectivity index (χ3v) is 4.47. The van der Waals surface area contributed by atoms with Gasteiger partial charge >= 0.3 is 0 Å². The fourth-order valence-corrected chi connectivity index (χ4v) is 3.29. The Labute approximate surface area is 149 Å². The number of nitrogens with one attached hydrogen (secondary N) is 1. The second kappa shape index (κ2) is 7.39. The van der Waals surface area contributed by atoms with Gasteiger partial charge in [-0.25, -0.2) is 0 Å². The summed E-state index contributed by atoms with van der Waals surface area (Å²) in [7, 11) is 0. The first-order chi connectivity index (χ1) is 12.0. The lowest BCUT2D eigenvalue weighted by molar-refractivity contribution is 0.590. The van der Waals surface area contributed by atoms with Gasteiger partial charge in [-0.1, -0.05) is 54.6 Å². The molecule has 1 aliphatic carbocycles. The number of fused-ring (bicyclic) bond motifs is 2. The number of para-hydroxylation sites is 1. The van der Waals surface area contributed by atoms with E-state index in [0.717, 1.165) is 24.1 Å². The molecule has 128 valence electrons. The molecule has 4 rings (SSSR count). The van der Waals surface area contributed by atoms with Gasteiger partial charge in [0.2, 0.25) is 0 Å². The number of nitrogens with zero attached hydrogens (tertiary/aromatic N) is 1. The maximum Gasteiger partial charge on any atom is 0.0890 e. The Hall–Kier alpha value is -2.81. The van der Waals surface area contributed by atoms with E-state index < -0.39 is 0 Å². The molecule has 1 aliphatic rings. The quantitative estimate of drug-likeness (QED) is 0.724. The van der Waals surface area contributed by atoms with E-state index in [9.17, 15) is 0 Å². The van der Waals surface area contributed by atoms with Crippen LogP contribution in [0.3, 0.4) is 0 Å². The molecule has 0 radical (unpaired) electrons. The molecule has 0 saturated carbocycles. The molecule has 1 unspecified atom stereocenters. The molecule has 25 heavy (non-hydrogen) atoms. The number of nitrogens with two attached hydrogens (primary N) is 1. The first-order valence-electron chi connectivity index (χ1n) is 8.65. The largest absolute Gasteiger partial charge is 0.386 e. The zero-order valence-electron chi connectivity index (χ0n) is 14.9. The lowest BCUT2D eigenvalue weighted by Gasteiger charge is -2.14. The molecule has 0 fully saturated rings. The summed E-state index contributed by atoms with van der Waals surface area (Å²) in [4.78, 5) is 4.38. The van der Waals surface area contributed by atoms with Crippen molar-refractivity contribution >= 4 is 10.9 Å². The van der Waals surface area contributed by atoms with Crippen LogP contribution in [0.2, 0.25) is 0 Å². The van der Waals surface area contributed by atoms with Crippen LogP contribution in [0.15, 0.2) is 67.0 Å². The van der Waals surface area contributed by atoms with E-state index in [0.29, 0.717) is 11.9 Å². The van der Waals surface area contributed by atoms with Crippen LogP contribution in [0.25, 0.3) is 10.9 Å². The number of benzene rings is 2. The Morgan fingerprint density at radius 3 is 2.72 bits per heavy atom. The van der Waals surface area contributed by atoms with Gasteiger partial charge in [-0.15, -0.1) is 0 Å². The van der Waals surface area contributed by atoms with Gasteiger partial charge in [-0.2, -0.15) is 0 Å². The molecule has 0 bridgehead atoms. The van der Waals surface area contributed by atoms with Gasteiger partial charge in [0.25, 0.3) is 0 Å². The standard InChI is InChI=1S/C12H16N2.C10H9N/c1-8-3-5-11-10(7-8)4-6-12(11)14-9(2)13;1-8-6-7-9-4-2-3-5-10(9)11-8/h3,5,7,12,14H,2,4,6,13H2,1H3;2-7H,1H3. The smallest absolute Gasteiger partial charge is 0.0890 e. The topological polar surface area (TPSA) is 50.9 Å². The van der Waals surface area contributed by atoms with Crippen molar-refractivity contribution in [3.63, 3.8) is 0 Å². The molecule has 1 atom stereocenters. The molecular formula is C22H25N3. The summed E-state index contributed by atoms with van der Waals surface area (Å²) in [6, 6.07) is 19.2. The number of pyridine rings is 1. The number of hydrogen-bond acceptors (Lipinski definition) is 3. The normalized spacial score (nSPS) is 15.2. The summed E-state index contributed by atoms with van der Waals surface area (Å²) in [5.74, 6) is 0.559. The van der Waals surface area contributed by atoms with Crippen LogP contribution in [-0.4, -0.2) is 4.98 Å². The molecular weight excluding hydrogens is 306 g/mol. The van der Waals surface area contributed by atoms with Crippen molar-refractivity contribution in [2.75, 3.05) is 0 Å². The Kier molecular flexibility index (Phi) is 5.03. The van der Waals surface area contributed by atoms with Gasteiger partial charge in [0, 0.05) is 11.1 Å². The predicted molar refractivity (Wildman–Crippen MR) is 105 cm³/mol. The van der Waals surface area contributed by atoms with Crippen molar-refractivity contribution in [1.82, 2.24) is 10.3 Å². The molecule has 1 heterocycles. The van der Waals surface area contributed by atoms with Crippen LogP contribution in [0.1, 0.15) is 34.8 Å². The van der Waals surface area contributed by atoms with Crippen molar-refractivity contribution in [3.8, 4) is 0 Å². The van der Waals surface area contributed by atoms with Crippen molar-refractivity contribution in [2.45, 2.75) is 32.7 Å². The molecule has 3 N–H and O–H groups in total. The Morgan fingerprint density at radius 2 is 1.92 bits per heavy atom. The van der Waals surface area contributed by atoms with E-state index in [2.05, 4.69) is 54.1 Å². The predicted octanol–water partition coefficient (Wildman–Crippen LogP) is 4.55. The van der Waals surface area contributed by atoms with Gasteiger partial charge in [-0.05, 0) is 49.9 Å². The van der Waals surface area contributed by atoms with Crippen LogP contribution in [0.5, 0.6) is 0 Å². The fraction of sp³-hybridized carbons (Fsp3) is 0.227. The highest BCUT2D eigenvalue weighted by Gasteiger charge is 2.21. The van der Waals surface area contributed by atoms with E-state index in [1.165, 1.54) is 22.1 Å². The Morgan fingerprint density at radius 1 is 1.12 bits per heavy atom. The van der Waals surface area contributed by atoms with Crippen LogP contribution in [-0.2, 0) is 6.42 Å². The number of aryl methyl sites for hydroxylation is 3. The second-order valence-corrected chi connectivity index (χ2v) is 6.61. The van der Waals surface area contributed by atoms with E-state index in [4.69, 9.17) is 5.73 Å². The summed E-state index contributed by atoms with van der Waals surface area (Å²) in [6.45, 7) is 7.81. The highest BCUT2D eigenvalue weighted by Crippen LogP contribution is 2.31. The average Bonchev–Trinajstić information content (AvgIpc) is 2.96. The number of rotatable bonds is 2. The Bertz CT molecular complexity index is 899. The first kappa shape index (κ1) is 17.0. The molecule has 1 aromatic heterocycles. The van der Waals surface area contributed by atoms with Gasteiger partial charge in [0.15, 0.2) is 0 Å². The third kappa shape index (κ3) is 4.18. The minimum atomic E-state index is 0.364.